The smallest absolute Gasteiger partial charge is 0.152 e. The largest absolute Gasteiger partial charge is 0.366 e. The van der Waals surface area contributed by atoms with Crippen molar-refractivity contribution in [3.8, 4) is 0 Å². The average Bonchev–Trinajstić information content (AvgIpc) is 3.06. The van der Waals surface area contributed by atoms with Crippen molar-refractivity contribution < 1.29 is 0 Å². The summed E-state index contributed by atoms with van der Waals surface area (Å²) < 4.78 is 1.94. The van der Waals surface area contributed by atoms with Gasteiger partial charge in [0.15, 0.2) is 5.82 Å². The number of aromatic nitrogens is 3. The van der Waals surface area contributed by atoms with Crippen LogP contribution in [0.25, 0.3) is 5.52 Å². The highest BCUT2D eigenvalue weighted by atomic mass is 32.2. The molecule has 3 rings (SSSR count). The minimum atomic E-state index is 0.439. The molecule has 5 heteroatoms. The first kappa shape index (κ1) is 14.7. The predicted octanol–water partition coefficient (Wildman–Crippen LogP) is 3.94. The maximum atomic E-state index is 4.62. The Labute approximate surface area is 130 Å². The van der Waals surface area contributed by atoms with E-state index in [4.69, 9.17) is 0 Å². The number of hydrogen-bond acceptors (Lipinski definition) is 4. The van der Waals surface area contributed by atoms with E-state index in [-0.39, 0.29) is 0 Å². The number of rotatable bonds is 5. The Bertz CT molecular complexity index is 607. The quantitative estimate of drug-likeness (QED) is 0.908. The minimum absolute atomic E-state index is 0.439. The van der Waals surface area contributed by atoms with E-state index >= 15 is 0 Å². The highest BCUT2D eigenvalue weighted by Crippen LogP contribution is 2.32. The highest BCUT2D eigenvalue weighted by Gasteiger charge is 2.25. The average molecular weight is 304 g/mol. The third-order valence-electron chi connectivity index (χ3n) is 4.13. The van der Waals surface area contributed by atoms with Gasteiger partial charge in [-0.15, -0.1) is 0 Å². The van der Waals surface area contributed by atoms with Crippen LogP contribution in [0, 0.1) is 0 Å². The molecule has 1 saturated carbocycles. The van der Waals surface area contributed by atoms with Gasteiger partial charge in [0.25, 0.3) is 0 Å². The van der Waals surface area contributed by atoms with Gasteiger partial charge >= 0.3 is 0 Å². The van der Waals surface area contributed by atoms with E-state index in [1.807, 2.05) is 16.9 Å². The summed E-state index contributed by atoms with van der Waals surface area (Å²) in [5, 5.41) is 9.07. The van der Waals surface area contributed by atoms with E-state index in [9.17, 15) is 0 Å². The molecule has 2 unspecified atom stereocenters. The molecule has 0 saturated heterocycles. The zero-order valence-electron chi connectivity index (χ0n) is 13.0. The first-order valence-corrected chi connectivity index (χ1v) is 8.94. The van der Waals surface area contributed by atoms with Crippen molar-refractivity contribution in [2.75, 3.05) is 11.1 Å². The number of anilines is 1. The Hall–Kier alpha value is -1.23. The van der Waals surface area contributed by atoms with Gasteiger partial charge in [0.1, 0.15) is 5.52 Å². The fourth-order valence-electron chi connectivity index (χ4n) is 2.99. The van der Waals surface area contributed by atoms with E-state index in [0.29, 0.717) is 12.0 Å². The van der Waals surface area contributed by atoms with Crippen LogP contribution in [0.1, 0.15) is 51.6 Å². The van der Waals surface area contributed by atoms with Gasteiger partial charge in [-0.1, -0.05) is 20.8 Å². The lowest BCUT2D eigenvalue weighted by Crippen LogP contribution is -2.17. The number of fused-ring (bicyclic) bond motifs is 1. The van der Waals surface area contributed by atoms with Crippen LogP contribution >= 0.6 is 11.8 Å². The summed E-state index contributed by atoms with van der Waals surface area (Å²) in [7, 11) is 0. The van der Waals surface area contributed by atoms with Crippen LogP contribution in [0.15, 0.2) is 18.5 Å². The summed E-state index contributed by atoms with van der Waals surface area (Å²) in [6.07, 6.45) is 7.56. The number of nitrogens with zero attached hydrogens (tertiary/aromatic N) is 3. The van der Waals surface area contributed by atoms with Crippen LogP contribution < -0.4 is 5.32 Å². The lowest BCUT2D eigenvalue weighted by Gasteiger charge is -2.14. The predicted molar refractivity (Wildman–Crippen MR) is 90.3 cm³/mol. The van der Waals surface area contributed by atoms with E-state index in [0.717, 1.165) is 22.3 Å². The molecule has 2 heterocycles. The molecule has 21 heavy (non-hydrogen) atoms. The summed E-state index contributed by atoms with van der Waals surface area (Å²) in [4.78, 5) is 4.54. The summed E-state index contributed by atoms with van der Waals surface area (Å²) in [5.74, 6) is 2.63. The Kier molecular flexibility index (Phi) is 4.38. The standard InChI is InChI=1S/C16H24N4S/c1-4-21-13-6-5-12(9-13)18-16-15-10-14(11(2)3)19-20(15)8-7-17-16/h7-8,10-13H,4-6,9H2,1-3H3,(H,17,18). The number of thioether (sulfide) groups is 1. The Morgan fingerprint density at radius 3 is 3.05 bits per heavy atom. The molecule has 1 fully saturated rings. The second-order valence-corrected chi connectivity index (χ2v) is 7.64. The number of hydrogen-bond donors (Lipinski definition) is 1. The van der Waals surface area contributed by atoms with Crippen LogP contribution in [-0.4, -0.2) is 31.6 Å². The van der Waals surface area contributed by atoms with E-state index in [1.54, 1.807) is 0 Å². The van der Waals surface area contributed by atoms with E-state index in [2.05, 4.69) is 54.0 Å². The minimum Gasteiger partial charge on any atom is -0.366 e. The van der Waals surface area contributed by atoms with Gasteiger partial charge < -0.3 is 5.32 Å². The maximum Gasteiger partial charge on any atom is 0.152 e. The molecular formula is C16H24N4S. The van der Waals surface area contributed by atoms with Gasteiger partial charge in [0, 0.05) is 23.7 Å². The SMILES string of the molecule is CCSC1CCC(Nc2nccn3nc(C(C)C)cc23)C1. The molecule has 2 aromatic heterocycles. The third-order valence-corrected chi connectivity index (χ3v) is 5.36. The van der Waals surface area contributed by atoms with Crippen molar-refractivity contribution in [1.82, 2.24) is 14.6 Å². The van der Waals surface area contributed by atoms with Gasteiger partial charge in [0.2, 0.25) is 0 Å². The lowest BCUT2D eigenvalue weighted by molar-refractivity contribution is 0.750. The van der Waals surface area contributed by atoms with Crippen LogP contribution in [-0.2, 0) is 0 Å². The first-order chi connectivity index (χ1) is 10.2. The van der Waals surface area contributed by atoms with Gasteiger partial charge in [-0.25, -0.2) is 9.50 Å². The molecule has 1 aliphatic rings. The fraction of sp³-hybridized carbons (Fsp3) is 0.625. The highest BCUT2D eigenvalue weighted by molar-refractivity contribution is 7.99. The molecule has 4 nitrogen and oxygen atoms in total. The Balaban J connectivity index is 1.78. The second kappa shape index (κ2) is 6.26. The molecule has 2 atom stereocenters. The molecule has 0 bridgehead atoms. The molecular weight excluding hydrogens is 280 g/mol. The Morgan fingerprint density at radius 1 is 1.43 bits per heavy atom. The lowest BCUT2D eigenvalue weighted by atomic mass is 10.1. The summed E-state index contributed by atoms with van der Waals surface area (Å²) >= 11 is 2.09. The maximum absolute atomic E-state index is 4.62. The van der Waals surface area contributed by atoms with Gasteiger partial charge in [-0.05, 0) is 37.0 Å². The molecule has 0 aliphatic heterocycles. The molecule has 1 aliphatic carbocycles. The Morgan fingerprint density at radius 2 is 2.29 bits per heavy atom. The fourth-order valence-corrected chi connectivity index (χ4v) is 4.13. The third kappa shape index (κ3) is 3.18. The monoisotopic (exact) mass is 304 g/mol. The zero-order chi connectivity index (χ0) is 14.8. The molecule has 0 aromatic carbocycles. The van der Waals surface area contributed by atoms with E-state index in [1.165, 1.54) is 25.0 Å². The van der Waals surface area contributed by atoms with Crippen molar-refractivity contribution in [3.05, 3.63) is 24.2 Å². The van der Waals surface area contributed by atoms with Gasteiger partial charge in [-0.3, -0.25) is 0 Å². The first-order valence-electron chi connectivity index (χ1n) is 7.89. The van der Waals surface area contributed by atoms with Gasteiger partial charge in [-0.2, -0.15) is 16.9 Å². The van der Waals surface area contributed by atoms with Crippen molar-refractivity contribution in [2.24, 2.45) is 0 Å². The van der Waals surface area contributed by atoms with Crippen molar-refractivity contribution in [2.45, 2.75) is 57.2 Å². The second-order valence-electron chi connectivity index (χ2n) is 6.06. The molecule has 0 spiro atoms. The molecule has 2 aromatic rings. The van der Waals surface area contributed by atoms with Crippen molar-refractivity contribution in [1.29, 1.82) is 0 Å². The van der Waals surface area contributed by atoms with Crippen LogP contribution in [0.2, 0.25) is 0 Å². The van der Waals surface area contributed by atoms with Gasteiger partial charge in [0.05, 0.1) is 5.69 Å². The molecule has 0 amide bonds. The molecule has 114 valence electrons. The summed E-state index contributed by atoms with van der Waals surface area (Å²) in [6.45, 7) is 6.59. The van der Waals surface area contributed by atoms with Crippen LogP contribution in [0.5, 0.6) is 0 Å². The zero-order valence-corrected chi connectivity index (χ0v) is 13.9. The van der Waals surface area contributed by atoms with Crippen LogP contribution in [0.3, 0.4) is 0 Å². The topological polar surface area (TPSA) is 42.2 Å². The van der Waals surface area contributed by atoms with E-state index < -0.39 is 0 Å². The van der Waals surface area contributed by atoms with Crippen molar-refractivity contribution >= 4 is 23.1 Å². The van der Waals surface area contributed by atoms with Crippen molar-refractivity contribution in [3.63, 3.8) is 0 Å². The normalized spacial score (nSPS) is 22.3. The summed E-state index contributed by atoms with van der Waals surface area (Å²) in [6, 6.07) is 2.71. The number of nitrogens with one attached hydrogen (secondary N) is 1. The van der Waals surface area contributed by atoms with Crippen LogP contribution in [0.4, 0.5) is 5.82 Å². The summed E-state index contributed by atoms with van der Waals surface area (Å²) in [5.41, 5.74) is 2.21. The molecule has 0 radical (unpaired) electrons. The molecule has 1 N–H and O–H groups in total.